The minimum atomic E-state index is -0.880. The van der Waals surface area contributed by atoms with E-state index in [-0.39, 0.29) is 0 Å². The molecule has 0 bridgehead atoms. The van der Waals surface area contributed by atoms with Gasteiger partial charge in [-0.25, -0.2) is 4.79 Å². The minimum absolute atomic E-state index is 0.396. The zero-order valence-corrected chi connectivity index (χ0v) is 15.1. The zero-order chi connectivity index (χ0) is 18.1. The maximum atomic E-state index is 12.1. The molecular weight excluding hydrogens is 308 g/mol. The molecule has 0 aromatic heterocycles. The summed E-state index contributed by atoms with van der Waals surface area (Å²) in [4.78, 5) is 12.1. The second-order valence-electron chi connectivity index (χ2n) is 6.49. The quantitative estimate of drug-likeness (QED) is 0.644. The molecule has 0 amide bonds. The van der Waals surface area contributed by atoms with Gasteiger partial charge in [-0.2, -0.15) is 0 Å². The van der Waals surface area contributed by atoms with Crippen LogP contribution in [0.4, 0.5) is 0 Å². The van der Waals surface area contributed by atoms with Gasteiger partial charge in [0.1, 0.15) is 0 Å². The average Bonchev–Trinajstić information content (AvgIpc) is 2.61. The third kappa shape index (κ3) is 2.85. The Bertz CT molecular complexity index is 954. The van der Waals surface area contributed by atoms with E-state index in [1.54, 1.807) is 0 Å². The normalized spacial score (nSPS) is 10.7. The second kappa shape index (κ2) is 6.56. The number of benzene rings is 3. The van der Waals surface area contributed by atoms with Crippen molar-refractivity contribution in [2.45, 2.75) is 27.7 Å². The van der Waals surface area contributed by atoms with Gasteiger partial charge in [0.25, 0.3) is 0 Å². The predicted octanol–water partition coefficient (Wildman–Crippen LogP) is 5.95. The fraction of sp³-hybridized carbons (Fsp3) is 0.174. The maximum absolute atomic E-state index is 12.1. The average molecular weight is 330 g/mol. The summed E-state index contributed by atoms with van der Waals surface area (Å²) >= 11 is 0. The Kier molecular flexibility index (Phi) is 4.45. The van der Waals surface area contributed by atoms with Crippen LogP contribution in [-0.4, -0.2) is 11.1 Å². The number of hydrogen-bond donors (Lipinski definition) is 1. The summed E-state index contributed by atoms with van der Waals surface area (Å²) < 4.78 is 0. The molecular formula is C23H22O2. The van der Waals surface area contributed by atoms with E-state index in [0.717, 1.165) is 44.5 Å². The number of aryl methyl sites for hydroxylation is 1. The van der Waals surface area contributed by atoms with Crippen molar-refractivity contribution in [1.82, 2.24) is 0 Å². The van der Waals surface area contributed by atoms with Gasteiger partial charge in [0.15, 0.2) is 0 Å². The first-order valence-electron chi connectivity index (χ1n) is 8.42. The Morgan fingerprint density at radius 1 is 0.720 bits per heavy atom. The van der Waals surface area contributed by atoms with Crippen LogP contribution >= 0.6 is 0 Å². The molecule has 0 saturated carbocycles. The van der Waals surface area contributed by atoms with Crippen molar-refractivity contribution in [3.63, 3.8) is 0 Å². The van der Waals surface area contributed by atoms with Crippen LogP contribution in [0.5, 0.6) is 0 Å². The first-order valence-corrected chi connectivity index (χ1v) is 8.42. The summed E-state index contributed by atoms with van der Waals surface area (Å²) in [5.41, 5.74) is 8.39. The van der Waals surface area contributed by atoms with Gasteiger partial charge in [0.2, 0.25) is 0 Å². The van der Waals surface area contributed by atoms with E-state index in [4.69, 9.17) is 0 Å². The summed E-state index contributed by atoms with van der Waals surface area (Å²) in [6.07, 6.45) is 0. The van der Waals surface area contributed by atoms with Gasteiger partial charge in [-0.15, -0.1) is 0 Å². The molecule has 0 spiro atoms. The highest BCUT2D eigenvalue weighted by Crippen LogP contribution is 2.42. The summed E-state index contributed by atoms with van der Waals surface area (Å²) in [5, 5.41) is 9.96. The van der Waals surface area contributed by atoms with Crippen molar-refractivity contribution in [2.24, 2.45) is 0 Å². The first kappa shape index (κ1) is 17.0. The Balaban J connectivity index is 2.54. The van der Waals surface area contributed by atoms with E-state index >= 15 is 0 Å². The Morgan fingerprint density at radius 2 is 1.32 bits per heavy atom. The molecule has 3 rings (SSSR count). The Morgan fingerprint density at radius 3 is 1.92 bits per heavy atom. The molecule has 0 heterocycles. The second-order valence-corrected chi connectivity index (χ2v) is 6.49. The van der Waals surface area contributed by atoms with E-state index in [1.165, 1.54) is 0 Å². The third-order valence-corrected chi connectivity index (χ3v) is 5.07. The molecule has 0 radical (unpaired) electrons. The van der Waals surface area contributed by atoms with Crippen molar-refractivity contribution >= 4 is 5.97 Å². The number of aromatic carboxylic acids is 1. The van der Waals surface area contributed by atoms with Crippen LogP contribution in [0.15, 0.2) is 54.6 Å². The molecule has 0 aliphatic rings. The van der Waals surface area contributed by atoms with Crippen LogP contribution in [-0.2, 0) is 0 Å². The summed E-state index contributed by atoms with van der Waals surface area (Å²) in [6, 6.07) is 18.0. The van der Waals surface area contributed by atoms with Gasteiger partial charge in [0, 0.05) is 5.56 Å². The lowest BCUT2D eigenvalue weighted by atomic mass is 9.81. The molecule has 1 N–H and O–H groups in total. The number of rotatable bonds is 3. The molecule has 0 aliphatic heterocycles. The highest BCUT2D eigenvalue weighted by molar-refractivity contribution is 6.04. The Labute approximate surface area is 148 Å². The molecule has 2 nitrogen and oxygen atoms in total. The molecule has 0 unspecified atom stereocenters. The smallest absolute Gasteiger partial charge is 0.336 e. The monoisotopic (exact) mass is 330 g/mol. The molecule has 25 heavy (non-hydrogen) atoms. The van der Waals surface area contributed by atoms with Crippen molar-refractivity contribution < 1.29 is 9.90 Å². The predicted molar refractivity (Wildman–Crippen MR) is 103 cm³/mol. The van der Waals surface area contributed by atoms with E-state index in [2.05, 4.69) is 26.0 Å². The topological polar surface area (TPSA) is 37.3 Å². The molecule has 3 aromatic carbocycles. The summed E-state index contributed by atoms with van der Waals surface area (Å²) in [7, 11) is 0. The number of carboxylic acid groups (broad SMARTS) is 1. The molecule has 0 atom stereocenters. The van der Waals surface area contributed by atoms with Crippen molar-refractivity contribution in [1.29, 1.82) is 0 Å². The third-order valence-electron chi connectivity index (χ3n) is 5.07. The van der Waals surface area contributed by atoms with Gasteiger partial charge in [0.05, 0.1) is 5.56 Å². The van der Waals surface area contributed by atoms with Crippen LogP contribution in [0.3, 0.4) is 0 Å². The molecule has 3 aromatic rings. The summed E-state index contributed by atoms with van der Waals surface area (Å²) in [5.74, 6) is -0.880. The molecule has 0 saturated heterocycles. The van der Waals surface area contributed by atoms with Crippen LogP contribution < -0.4 is 0 Å². The summed E-state index contributed by atoms with van der Waals surface area (Å²) in [6.45, 7) is 8.06. The largest absolute Gasteiger partial charge is 0.478 e. The highest BCUT2D eigenvalue weighted by Gasteiger charge is 2.24. The van der Waals surface area contributed by atoms with E-state index < -0.39 is 5.97 Å². The first-order chi connectivity index (χ1) is 11.9. The standard InChI is InChI=1S/C23H22O2/c1-14-10-8-9-13-19(14)20-16(3)15(2)17(4)21(23(24)25)22(20)18-11-6-5-7-12-18/h5-13H,1-4H3,(H,24,25). The van der Waals surface area contributed by atoms with Crippen LogP contribution in [0.2, 0.25) is 0 Å². The van der Waals surface area contributed by atoms with Gasteiger partial charge >= 0.3 is 5.97 Å². The fourth-order valence-electron chi connectivity index (χ4n) is 3.51. The van der Waals surface area contributed by atoms with Gasteiger partial charge < -0.3 is 5.11 Å². The van der Waals surface area contributed by atoms with Crippen LogP contribution in [0.1, 0.15) is 32.6 Å². The van der Waals surface area contributed by atoms with Crippen molar-refractivity contribution in [3.05, 3.63) is 82.4 Å². The van der Waals surface area contributed by atoms with Crippen molar-refractivity contribution in [3.8, 4) is 22.3 Å². The number of carbonyl (C=O) groups is 1. The molecule has 0 aliphatic carbocycles. The molecule has 0 fully saturated rings. The SMILES string of the molecule is Cc1ccccc1-c1c(C)c(C)c(C)c(C(=O)O)c1-c1ccccc1. The highest BCUT2D eigenvalue weighted by atomic mass is 16.4. The lowest BCUT2D eigenvalue weighted by molar-refractivity contribution is 0.0697. The van der Waals surface area contributed by atoms with Crippen LogP contribution in [0, 0.1) is 27.7 Å². The van der Waals surface area contributed by atoms with Crippen LogP contribution in [0.25, 0.3) is 22.3 Å². The molecule has 126 valence electrons. The fourth-order valence-corrected chi connectivity index (χ4v) is 3.51. The molecule has 2 heteroatoms. The van der Waals surface area contributed by atoms with E-state index in [1.807, 2.05) is 56.3 Å². The van der Waals surface area contributed by atoms with E-state index in [0.29, 0.717) is 5.56 Å². The lowest BCUT2D eigenvalue weighted by Crippen LogP contribution is -2.09. The minimum Gasteiger partial charge on any atom is -0.478 e. The maximum Gasteiger partial charge on any atom is 0.336 e. The zero-order valence-electron chi connectivity index (χ0n) is 15.1. The lowest BCUT2D eigenvalue weighted by Gasteiger charge is -2.22. The van der Waals surface area contributed by atoms with Gasteiger partial charge in [-0.3, -0.25) is 0 Å². The number of hydrogen-bond acceptors (Lipinski definition) is 1. The number of carboxylic acids is 1. The van der Waals surface area contributed by atoms with Gasteiger partial charge in [-0.1, -0.05) is 54.6 Å². The van der Waals surface area contributed by atoms with E-state index in [9.17, 15) is 9.90 Å². The van der Waals surface area contributed by atoms with Gasteiger partial charge in [-0.05, 0) is 66.6 Å². The Hall–Kier alpha value is -2.87. The van der Waals surface area contributed by atoms with Crippen molar-refractivity contribution in [2.75, 3.05) is 0 Å².